The van der Waals surface area contributed by atoms with Gasteiger partial charge in [0, 0.05) is 0 Å². The van der Waals surface area contributed by atoms with Gasteiger partial charge >= 0.3 is 0 Å². The van der Waals surface area contributed by atoms with Gasteiger partial charge in [-0.15, -0.1) is 5.54 Å². The highest BCUT2D eigenvalue weighted by Crippen LogP contribution is 2.18. The van der Waals surface area contributed by atoms with E-state index in [1.807, 2.05) is 24.3 Å². The fourth-order valence-electron chi connectivity index (χ4n) is 1.18. The van der Waals surface area contributed by atoms with Crippen LogP contribution >= 0.6 is 0 Å². The smallest absolute Gasteiger partial charge is 0.139 e. The predicted octanol–water partition coefficient (Wildman–Crippen LogP) is 2.61. The van der Waals surface area contributed by atoms with Crippen molar-refractivity contribution in [1.82, 2.24) is 0 Å². The highest BCUT2D eigenvalue weighted by atomic mass is 28.3. The SMILES string of the molecule is COc1cccc(C(O)C#C[Si](C)(C)C)c1. The van der Waals surface area contributed by atoms with Crippen molar-refractivity contribution >= 4 is 8.07 Å². The molecule has 0 aliphatic rings. The fraction of sp³-hybridized carbons (Fsp3) is 0.385. The molecule has 0 bridgehead atoms. The number of aliphatic hydroxyl groups is 1. The maximum absolute atomic E-state index is 9.90. The van der Waals surface area contributed by atoms with Crippen LogP contribution in [0.3, 0.4) is 0 Å². The third kappa shape index (κ3) is 4.09. The average Bonchev–Trinajstić information content (AvgIpc) is 2.25. The van der Waals surface area contributed by atoms with Gasteiger partial charge in [-0.05, 0) is 17.7 Å². The quantitative estimate of drug-likeness (QED) is 0.629. The van der Waals surface area contributed by atoms with Crippen LogP contribution in [-0.2, 0) is 0 Å². The molecule has 16 heavy (non-hydrogen) atoms. The van der Waals surface area contributed by atoms with Crippen LogP contribution in [0, 0.1) is 11.5 Å². The summed E-state index contributed by atoms with van der Waals surface area (Å²) in [4.78, 5) is 0. The van der Waals surface area contributed by atoms with Gasteiger partial charge in [0.1, 0.15) is 19.9 Å². The van der Waals surface area contributed by atoms with Crippen molar-refractivity contribution in [1.29, 1.82) is 0 Å². The van der Waals surface area contributed by atoms with Gasteiger partial charge < -0.3 is 9.84 Å². The molecule has 1 N–H and O–H groups in total. The van der Waals surface area contributed by atoms with E-state index in [0.29, 0.717) is 0 Å². The molecule has 0 saturated heterocycles. The lowest BCUT2D eigenvalue weighted by atomic mass is 10.1. The molecule has 2 nitrogen and oxygen atoms in total. The number of aliphatic hydroxyl groups excluding tert-OH is 1. The molecule has 1 aromatic carbocycles. The van der Waals surface area contributed by atoms with Crippen LogP contribution in [0.2, 0.25) is 19.6 Å². The number of hydrogen-bond donors (Lipinski definition) is 1. The van der Waals surface area contributed by atoms with Crippen LogP contribution in [0.5, 0.6) is 5.75 Å². The van der Waals surface area contributed by atoms with E-state index in [2.05, 4.69) is 31.1 Å². The average molecular weight is 234 g/mol. The Morgan fingerprint density at radius 3 is 2.56 bits per heavy atom. The maximum Gasteiger partial charge on any atom is 0.139 e. The van der Waals surface area contributed by atoms with Gasteiger partial charge in [-0.2, -0.15) is 0 Å². The molecule has 86 valence electrons. The summed E-state index contributed by atoms with van der Waals surface area (Å²) in [6, 6.07) is 7.37. The Morgan fingerprint density at radius 1 is 1.31 bits per heavy atom. The summed E-state index contributed by atoms with van der Waals surface area (Å²) in [6.45, 7) is 6.45. The van der Waals surface area contributed by atoms with Crippen LogP contribution in [0.4, 0.5) is 0 Å². The van der Waals surface area contributed by atoms with Gasteiger partial charge in [-0.1, -0.05) is 37.7 Å². The Hall–Kier alpha value is -1.24. The Morgan fingerprint density at radius 2 is 2.00 bits per heavy atom. The summed E-state index contributed by atoms with van der Waals surface area (Å²) in [5.41, 5.74) is 3.94. The molecule has 1 atom stereocenters. The second kappa shape index (κ2) is 5.20. The number of rotatable bonds is 2. The standard InChI is InChI=1S/C13H18O2Si/c1-15-12-7-5-6-11(10-12)13(14)8-9-16(2,3)4/h5-7,10,13-14H,1-4H3. The van der Waals surface area contributed by atoms with Crippen molar-refractivity contribution in [3.63, 3.8) is 0 Å². The van der Waals surface area contributed by atoms with Crippen molar-refractivity contribution in [3.8, 4) is 17.2 Å². The lowest BCUT2D eigenvalue weighted by molar-refractivity contribution is 0.238. The summed E-state index contributed by atoms with van der Waals surface area (Å²) >= 11 is 0. The first-order chi connectivity index (χ1) is 7.42. The third-order valence-electron chi connectivity index (χ3n) is 1.99. The molecule has 3 heteroatoms. The summed E-state index contributed by atoms with van der Waals surface area (Å²) in [5.74, 6) is 3.64. The molecule has 0 aliphatic heterocycles. The minimum absolute atomic E-state index is 0.721. The van der Waals surface area contributed by atoms with Crippen molar-refractivity contribution in [3.05, 3.63) is 29.8 Å². The topological polar surface area (TPSA) is 29.5 Å². The van der Waals surface area contributed by atoms with Gasteiger partial charge in [0.05, 0.1) is 7.11 Å². The van der Waals surface area contributed by atoms with Crippen molar-refractivity contribution in [2.24, 2.45) is 0 Å². The summed E-state index contributed by atoms with van der Waals surface area (Å²) in [5, 5.41) is 9.90. The number of methoxy groups -OCH3 is 1. The summed E-state index contributed by atoms with van der Waals surface area (Å²) in [6.07, 6.45) is -0.721. The van der Waals surface area contributed by atoms with Crippen molar-refractivity contribution in [2.45, 2.75) is 25.7 Å². The molecule has 0 radical (unpaired) electrons. The van der Waals surface area contributed by atoms with Crippen molar-refractivity contribution < 1.29 is 9.84 Å². The predicted molar refractivity (Wildman–Crippen MR) is 69.1 cm³/mol. The second-order valence-corrected chi connectivity index (χ2v) is 9.45. The minimum Gasteiger partial charge on any atom is -0.497 e. The first-order valence-corrected chi connectivity index (χ1v) is 8.77. The first kappa shape index (κ1) is 12.8. The van der Waals surface area contributed by atoms with E-state index < -0.39 is 14.2 Å². The van der Waals surface area contributed by atoms with E-state index in [4.69, 9.17) is 4.74 Å². The maximum atomic E-state index is 9.90. The van der Waals surface area contributed by atoms with E-state index in [1.54, 1.807) is 7.11 Å². The van der Waals surface area contributed by atoms with Gasteiger partial charge in [0.2, 0.25) is 0 Å². The first-order valence-electron chi connectivity index (χ1n) is 5.27. The molecule has 0 aromatic heterocycles. The largest absolute Gasteiger partial charge is 0.497 e. The number of ether oxygens (including phenoxy) is 1. The molecule has 1 rings (SSSR count). The van der Waals surface area contributed by atoms with Crippen LogP contribution in [0.25, 0.3) is 0 Å². The minimum atomic E-state index is -1.43. The summed E-state index contributed by atoms with van der Waals surface area (Å²) < 4.78 is 5.10. The molecule has 1 aromatic rings. The Kier molecular flexibility index (Phi) is 4.16. The van der Waals surface area contributed by atoms with E-state index in [-0.39, 0.29) is 0 Å². The normalized spacial score (nSPS) is 12.6. The Bertz CT molecular complexity index is 410. The zero-order valence-corrected chi connectivity index (χ0v) is 11.2. The Balaban J connectivity index is 2.87. The number of benzene rings is 1. The molecule has 0 aliphatic carbocycles. The highest BCUT2D eigenvalue weighted by molar-refractivity contribution is 6.83. The zero-order chi connectivity index (χ0) is 12.2. The molecular weight excluding hydrogens is 216 g/mol. The van der Waals surface area contributed by atoms with Gasteiger partial charge in [0.25, 0.3) is 0 Å². The molecule has 0 saturated carbocycles. The highest BCUT2D eigenvalue weighted by Gasteiger charge is 2.10. The van der Waals surface area contributed by atoms with E-state index in [9.17, 15) is 5.11 Å². The van der Waals surface area contributed by atoms with Crippen molar-refractivity contribution in [2.75, 3.05) is 7.11 Å². The van der Waals surface area contributed by atoms with E-state index >= 15 is 0 Å². The van der Waals surface area contributed by atoms with Crippen LogP contribution in [-0.4, -0.2) is 20.3 Å². The monoisotopic (exact) mass is 234 g/mol. The van der Waals surface area contributed by atoms with Crippen LogP contribution < -0.4 is 4.74 Å². The Labute approximate surface area is 98.3 Å². The molecule has 0 spiro atoms. The van der Waals surface area contributed by atoms with E-state index in [0.717, 1.165) is 11.3 Å². The lowest BCUT2D eigenvalue weighted by Gasteiger charge is -2.08. The number of hydrogen-bond acceptors (Lipinski definition) is 2. The lowest BCUT2D eigenvalue weighted by Crippen LogP contribution is -2.16. The summed E-state index contributed by atoms with van der Waals surface area (Å²) in [7, 11) is 0.183. The van der Waals surface area contributed by atoms with Crippen LogP contribution in [0.15, 0.2) is 24.3 Å². The molecule has 0 amide bonds. The van der Waals surface area contributed by atoms with Gasteiger partial charge in [0.15, 0.2) is 0 Å². The third-order valence-corrected chi connectivity index (χ3v) is 2.89. The van der Waals surface area contributed by atoms with Crippen LogP contribution in [0.1, 0.15) is 11.7 Å². The molecule has 1 unspecified atom stereocenters. The molecule has 0 fully saturated rings. The molecule has 0 heterocycles. The second-order valence-electron chi connectivity index (χ2n) is 4.70. The van der Waals surface area contributed by atoms with Gasteiger partial charge in [-0.25, -0.2) is 0 Å². The fourth-order valence-corrected chi connectivity index (χ4v) is 1.75. The van der Waals surface area contributed by atoms with Gasteiger partial charge in [-0.3, -0.25) is 0 Å². The zero-order valence-electron chi connectivity index (χ0n) is 10.2. The van der Waals surface area contributed by atoms with E-state index in [1.165, 1.54) is 0 Å². The molecular formula is C13H18O2Si.